The first kappa shape index (κ1) is 12.7. The highest BCUT2D eigenvalue weighted by atomic mass is 35.5. The van der Waals surface area contributed by atoms with Crippen LogP contribution in [-0.2, 0) is 7.05 Å². The Hall–Kier alpha value is -1.80. The number of aryl methyl sites for hydroxylation is 1. The standard InChI is InChI=1S/C12H14ClN5/c1-4-8(2)18-12(13)9(7-14)11(16-18)10-5-6-15-17(10)3/h5-6,8H,4H2,1-3H3. The molecule has 0 N–H and O–H groups in total. The molecule has 0 aliphatic heterocycles. The topological polar surface area (TPSA) is 59.4 Å². The van der Waals surface area contributed by atoms with Crippen LogP contribution in [0.5, 0.6) is 0 Å². The number of rotatable bonds is 3. The minimum atomic E-state index is 0.159. The summed E-state index contributed by atoms with van der Waals surface area (Å²) in [7, 11) is 1.81. The Morgan fingerprint density at radius 3 is 2.78 bits per heavy atom. The van der Waals surface area contributed by atoms with Gasteiger partial charge in [0.2, 0.25) is 0 Å². The fraction of sp³-hybridized carbons (Fsp3) is 0.417. The van der Waals surface area contributed by atoms with Gasteiger partial charge in [0, 0.05) is 13.2 Å². The summed E-state index contributed by atoms with van der Waals surface area (Å²) in [6, 6.07) is 4.10. The van der Waals surface area contributed by atoms with Gasteiger partial charge in [-0.1, -0.05) is 18.5 Å². The zero-order valence-electron chi connectivity index (χ0n) is 10.6. The summed E-state index contributed by atoms with van der Waals surface area (Å²) >= 11 is 6.22. The summed E-state index contributed by atoms with van der Waals surface area (Å²) in [4.78, 5) is 0. The van der Waals surface area contributed by atoms with Crippen LogP contribution in [0.3, 0.4) is 0 Å². The number of hydrogen-bond acceptors (Lipinski definition) is 3. The molecule has 0 aromatic carbocycles. The molecule has 0 saturated carbocycles. The molecular formula is C12H14ClN5. The number of hydrogen-bond donors (Lipinski definition) is 0. The molecule has 2 aromatic heterocycles. The summed E-state index contributed by atoms with van der Waals surface area (Å²) in [6.07, 6.45) is 2.57. The Bertz CT molecular complexity index is 605. The largest absolute Gasteiger partial charge is 0.266 e. The van der Waals surface area contributed by atoms with E-state index in [0.29, 0.717) is 16.4 Å². The van der Waals surface area contributed by atoms with Crippen LogP contribution in [0.4, 0.5) is 0 Å². The van der Waals surface area contributed by atoms with E-state index in [4.69, 9.17) is 11.6 Å². The maximum absolute atomic E-state index is 9.24. The Kier molecular flexibility index (Phi) is 3.39. The van der Waals surface area contributed by atoms with Crippen LogP contribution in [-0.4, -0.2) is 19.6 Å². The summed E-state index contributed by atoms with van der Waals surface area (Å²) in [5.74, 6) is 0. The van der Waals surface area contributed by atoms with E-state index in [1.54, 1.807) is 15.6 Å². The molecular weight excluding hydrogens is 250 g/mol. The maximum Gasteiger partial charge on any atom is 0.145 e. The lowest BCUT2D eigenvalue weighted by Crippen LogP contribution is -2.06. The molecule has 2 aromatic rings. The fourth-order valence-corrected chi connectivity index (χ4v) is 2.10. The van der Waals surface area contributed by atoms with E-state index in [-0.39, 0.29) is 6.04 Å². The van der Waals surface area contributed by atoms with Crippen LogP contribution in [0, 0.1) is 11.3 Å². The normalized spacial score (nSPS) is 12.4. The summed E-state index contributed by atoms with van der Waals surface area (Å²) < 4.78 is 3.38. The van der Waals surface area contributed by atoms with Crippen molar-refractivity contribution in [2.75, 3.05) is 0 Å². The monoisotopic (exact) mass is 263 g/mol. The van der Waals surface area contributed by atoms with Crippen molar-refractivity contribution in [1.82, 2.24) is 19.6 Å². The van der Waals surface area contributed by atoms with Crippen molar-refractivity contribution < 1.29 is 0 Å². The van der Waals surface area contributed by atoms with Gasteiger partial charge in [0.15, 0.2) is 0 Å². The van der Waals surface area contributed by atoms with Crippen molar-refractivity contribution in [3.05, 3.63) is 23.0 Å². The molecule has 94 valence electrons. The van der Waals surface area contributed by atoms with Crippen molar-refractivity contribution in [1.29, 1.82) is 5.26 Å². The molecule has 0 fully saturated rings. The van der Waals surface area contributed by atoms with E-state index in [9.17, 15) is 5.26 Å². The second-order valence-corrected chi connectivity index (χ2v) is 4.53. The van der Waals surface area contributed by atoms with Gasteiger partial charge in [0.05, 0.1) is 11.7 Å². The van der Waals surface area contributed by atoms with Crippen LogP contribution in [0.15, 0.2) is 12.3 Å². The van der Waals surface area contributed by atoms with E-state index in [1.807, 2.05) is 20.0 Å². The number of nitrogens with zero attached hydrogens (tertiary/aromatic N) is 5. The minimum Gasteiger partial charge on any atom is -0.266 e. The predicted octanol–water partition coefficient (Wildman–Crippen LogP) is 2.78. The second kappa shape index (κ2) is 4.83. The number of halogens is 1. The first-order valence-corrected chi connectivity index (χ1v) is 6.14. The molecule has 0 bridgehead atoms. The van der Waals surface area contributed by atoms with Crippen molar-refractivity contribution in [2.24, 2.45) is 7.05 Å². The van der Waals surface area contributed by atoms with Crippen LogP contribution in [0.1, 0.15) is 31.9 Å². The van der Waals surface area contributed by atoms with Gasteiger partial charge in [-0.05, 0) is 19.4 Å². The molecule has 0 aliphatic carbocycles. The van der Waals surface area contributed by atoms with Gasteiger partial charge in [-0.3, -0.25) is 4.68 Å². The molecule has 0 spiro atoms. The zero-order chi connectivity index (χ0) is 13.3. The molecule has 0 amide bonds. The molecule has 6 heteroatoms. The highest BCUT2D eigenvalue weighted by Crippen LogP contribution is 2.30. The minimum absolute atomic E-state index is 0.159. The van der Waals surface area contributed by atoms with Crippen LogP contribution in [0.25, 0.3) is 11.4 Å². The molecule has 2 heterocycles. The van der Waals surface area contributed by atoms with E-state index >= 15 is 0 Å². The average Bonchev–Trinajstić information content (AvgIpc) is 2.91. The molecule has 5 nitrogen and oxygen atoms in total. The van der Waals surface area contributed by atoms with Crippen molar-refractivity contribution in [3.63, 3.8) is 0 Å². The first-order valence-electron chi connectivity index (χ1n) is 5.76. The van der Waals surface area contributed by atoms with E-state index in [2.05, 4.69) is 23.2 Å². The van der Waals surface area contributed by atoms with Gasteiger partial charge in [-0.2, -0.15) is 15.5 Å². The molecule has 2 rings (SSSR count). The number of nitriles is 1. The molecule has 0 saturated heterocycles. The van der Waals surface area contributed by atoms with Crippen LogP contribution in [0.2, 0.25) is 5.15 Å². The van der Waals surface area contributed by atoms with Gasteiger partial charge in [0.25, 0.3) is 0 Å². The summed E-state index contributed by atoms with van der Waals surface area (Å²) in [5.41, 5.74) is 1.78. The van der Waals surface area contributed by atoms with E-state index < -0.39 is 0 Å². The Labute approximate surface area is 111 Å². The summed E-state index contributed by atoms with van der Waals surface area (Å²) in [5, 5.41) is 18.2. The molecule has 0 radical (unpaired) electrons. The quantitative estimate of drug-likeness (QED) is 0.855. The van der Waals surface area contributed by atoms with E-state index in [1.165, 1.54) is 0 Å². The summed E-state index contributed by atoms with van der Waals surface area (Å²) in [6.45, 7) is 4.07. The first-order chi connectivity index (χ1) is 8.60. The maximum atomic E-state index is 9.24. The Morgan fingerprint density at radius 2 is 2.28 bits per heavy atom. The predicted molar refractivity (Wildman–Crippen MR) is 69.2 cm³/mol. The fourth-order valence-electron chi connectivity index (χ4n) is 1.76. The highest BCUT2D eigenvalue weighted by molar-refractivity contribution is 6.31. The molecule has 18 heavy (non-hydrogen) atoms. The van der Waals surface area contributed by atoms with Gasteiger partial charge < -0.3 is 0 Å². The molecule has 0 aliphatic rings. The average molecular weight is 264 g/mol. The Morgan fingerprint density at radius 1 is 1.56 bits per heavy atom. The van der Waals surface area contributed by atoms with Gasteiger partial charge in [-0.15, -0.1) is 0 Å². The zero-order valence-corrected chi connectivity index (χ0v) is 11.3. The highest BCUT2D eigenvalue weighted by Gasteiger charge is 2.21. The van der Waals surface area contributed by atoms with Crippen LogP contribution >= 0.6 is 11.6 Å². The smallest absolute Gasteiger partial charge is 0.145 e. The third-order valence-corrected chi connectivity index (χ3v) is 3.40. The van der Waals surface area contributed by atoms with Crippen molar-refractivity contribution >= 4 is 11.6 Å². The van der Waals surface area contributed by atoms with E-state index in [0.717, 1.165) is 12.1 Å². The lowest BCUT2D eigenvalue weighted by Gasteiger charge is -2.09. The molecule has 1 atom stereocenters. The third kappa shape index (κ3) is 1.89. The molecule has 1 unspecified atom stereocenters. The third-order valence-electron chi connectivity index (χ3n) is 3.04. The lowest BCUT2D eigenvalue weighted by atomic mass is 10.2. The lowest BCUT2D eigenvalue weighted by molar-refractivity contribution is 0.479. The second-order valence-electron chi connectivity index (χ2n) is 4.17. The van der Waals surface area contributed by atoms with Crippen molar-refractivity contribution in [3.8, 4) is 17.5 Å². The van der Waals surface area contributed by atoms with Gasteiger partial charge in [-0.25, -0.2) is 4.68 Å². The number of aromatic nitrogens is 4. The van der Waals surface area contributed by atoms with Crippen LogP contribution < -0.4 is 0 Å². The van der Waals surface area contributed by atoms with Gasteiger partial charge >= 0.3 is 0 Å². The van der Waals surface area contributed by atoms with Gasteiger partial charge in [0.1, 0.15) is 22.5 Å². The Balaban J connectivity index is 2.63. The SMILES string of the molecule is CCC(C)n1nc(-c2ccnn2C)c(C#N)c1Cl. The van der Waals surface area contributed by atoms with Crippen molar-refractivity contribution in [2.45, 2.75) is 26.3 Å².